The second-order valence-corrected chi connectivity index (χ2v) is 5.77. The van der Waals surface area contributed by atoms with E-state index in [2.05, 4.69) is 20.6 Å². The molecule has 2 aromatic rings. The van der Waals surface area contributed by atoms with Crippen LogP contribution in [0, 0.1) is 13.8 Å². The van der Waals surface area contributed by atoms with E-state index in [1.807, 2.05) is 20.9 Å². The zero-order valence-corrected chi connectivity index (χ0v) is 13.1. The third kappa shape index (κ3) is 2.70. The summed E-state index contributed by atoms with van der Waals surface area (Å²) in [7, 11) is 1.85. The van der Waals surface area contributed by atoms with Crippen LogP contribution in [0.4, 0.5) is 0 Å². The lowest BCUT2D eigenvalue weighted by Crippen LogP contribution is -2.42. The topological polar surface area (TPSA) is 84.8 Å². The average Bonchev–Trinajstić information content (AvgIpc) is 3.16. The highest BCUT2D eigenvalue weighted by atomic mass is 16.5. The Kier molecular flexibility index (Phi) is 3.87. The van der Waals surface area contributed by atoms with Gasteiger partial charge in [0.05, 0.1) is 29.7 Å². The van der Waals surface area contributed by atoms with Crippen LogP contribution in [0.5, 0.6) is 5.75 Å². The fourth-order valence-electron chi connectivity index (χ4n) is 3.05. The SMILES string of the molecule is Cc1nn(C)c(C)c1C(=O)N[C@H]1CCC[C@H]1Oc1cn[nH]c1. The van der Waals surface area contributed by atoms with E-state index in [1.54, 1.807) is 17.1 Å². The number of hydrogen-bond acceptors (Lipinski definition) is 4. The van der Waals surface area contributed by atoms with E-state index in [0.29, 0.717) is 11.3 Å². The van der Waals surface area contributed by atoms with Gasteiger partial charge in [0.1, 0.15) is 6.10 Å². The lowest BCUT2D eigenvalue weighted by Gasteiger charge is -2.21. The van der Waals surface area contributed by atoms with Crippen LogP contribution in [0.1, 0.15) is 41.0 Å². The number of nitrogens with one attached hydrogen (secondary N) is 2. The number of carbonyl (C=O) groups excluding carboxylic acids is 1. The zero-order chi connectivity index (χ0) is 15.7. The van der Waals surface area contributed by atoms with Crippen LogP contribution in [0.3, 0.4) is 0 Å². The van der Waals surface area contributed by atoms with Gasteiger partial charge in [0, 0.05) is 12.7 Å². The van der Waals surface area contributed by atoms with Crippen LogP contribution in [0.25, 0.3) is 0 Å². The van der Waals surface area contributed by atoms with Gasteiger partial charge in [-0.05, 0) is 33.1 Å². The van der Waals surface area contributed by atoms with Gasteiger partial charge in [-0.25, -0.2) is 0 Å². The molecule has 7 heteroatoms. The first-order valence-corrected chi connectivity index (χ1v) is 7.52. The highest BCUT2D eigenvalue weighted by molar-refractivity contribution is 5.96. The molecule has 2 aromatic heterocycles. The van der Waals surface area contributed by atoms with Crippen molar-refractivity contribution < 1.29 is 9.53 Å². The molecule has 1 fully saturated rings. The van der Waals surface area contributed by atoms with Gasteiger partial charge in [0.15, 0.2) is 5.75 Å². The molecule has 1 aliphatic rings. The van der Waals surface area contributed by atoms with Crippen molar-refractivity contribution in [1.82, 2.24) is 25.3 Å². The van der Waals surface area contributed by atoms with Crippen LogP contribution in [-0.2, 0) is 7.05 Å². The molecule has 1 amide bonds. The summed E-state index contributed by atoms with van der Waals surface area (Å²) in [5.74, 6) is 0.635. The van der Waals surface area contributed by atoms with Gasteiger partial charge in [-0.1, -0.05) is 0 Å². The molecule has 0 bridgehead atoms. The molecule has 2 N–H and O–H groups in total. The van der Waals surface area contributed by atoms with Crippen molar-refractivity contribution in [3.8, 4) is 5.75 Å². The van der Waals surface area contributed by atoms with Crippen LogP contribution in [0.2, 0.25) is 0 Å². The molecular formula is C15H21N5O2. The number of hydrogen-bond donors (Lipinski definition) is 2. The van der Waals surface area contributed by atoms with Crippen molar-refractivity contribution in [3.63, 3.8) is 0 Å². The van der Waals surface area contributed by atoms with Crippen molar-refractivity contribution in [2.75, 3.05) is 0 Å². The molecule has 2 atom stereocenters. The minimum absolute atomic E-state index is 0.0150. The lowest BCUT2D eigenvalue weighted by atomic mass is 10.1. The highest BCUT2D eigenvalue weighted by Crippen LogP contribution is 2.25. The Hall–Kier alpha value is -2.31. The summed E-state index contributed by atoms with van der Waals surface area (Å²) in [5, 5.41) is 14.0. The molecule has 1 saturated carbocycles. The van der Waals surface area contributed by atoms with Crippen LogP contribution in [-0.4, -0.2) is 38.0 Å². The maximum Gasteiger partial charge on any atom is 0.255 e. The van der Waals surface area contributed by atoms with E-state index in [1.165, 1.54) is 0 Å². The Labute approximate surface area is 129 Å². The van der Waals surface area contributed by atoms with Crippen LogP contribution in [0.15, 0.2) is 12.4 Å². The average molecular weight is 303 g/mol. The Bertz CT molecular complexity index is 662. The molecule has 0 radical (unpaired) electrons. The number of H-pyrrole nitrogens is 1. The van der Waals surface area contributed by atoms with Gasteiger partial charge in [0.25, 0.3) is 5.91 Å². The van der Waals surface area contributed by atoms with Crippen molar-refractivity contribution in [2.45, 2.75) is 45.3 Å². The molecule has 118 valence electrons. The lowest BCUT2D eigenvalue weighted by molar-refractivity contribution is 0.0892. The number of amides is 1. The first kappa shape index (κ1) is 14.6. The second-order valence-electron chi connectivity index (χ2n) is 5.77. The van der Waals surface area contributed by atoms with Gasteiger partial charge in [-0.15, -0.1) is 0 Å². The molecule has 0 aromatic carbocycles. The maximum atomic E-state index is 12.6. The first-order valence-electron chi connectivity index (χ1n) is 7.52. The summed E-state index contributed by atoms with van der Waals surface area (Å²) in [5.41, 5.74) is 2.29. The summed E-state index contributed by atoms with van der Waals surface area (Å²) < 4.78 is 7.64. The zero-order valence-electron chi connectivity index (χ0n) is 13.1. The molecular weight excluding hydrogens is 282 g/mol. The van der Waals surface area contributed by atoms with Crippen molar-refractivity contribution >= 4 is 5.91 Å². The van der Waals surface area contributed by atoms with Gasteiger partial charge in [-0.2, -0.15) is 10.2 Å². The standard InChI is InChI=1S/C15H21N5O2/c1-9-14(10(2)20(3)19-9)15(21)18-12-5-4-6-13(12)22-11-7-16-17-8-11/h7-8,12-13H,4-6H2,1-3H3,(H,16,17)(H,18,21)/t12-,13+/m0/s1. The Balaban J connectivity index is 1.70. The molecule has 7 nitrogen and oxygen atoms in total. The molecule has 2 heterocycles. The van der Waals surface area contributed by atoms with Gasteiger partial charge in [-0.3, -0.25) is 14.6 Å². The molecule has 3 rings (SSSR count). The molecule has 22 heavy (non-hydrogen) atoms. The monoisotopic (exact) mass is 303 g/mol. The van der Waals surface area contributed by atoms with E-state index < -0.39 is 0 Å². The van der Waals surface area contributed by atoms with E-state index in [0.717, 1.165) is 30.7 Å². The normalized spacial score (nSPS) is 21.0. The van der Waals surface area contributed by atoms with Crippen LogP contribution < -0.4 is 10.1 Å². The van der Waals surface area contributed by atoms with Crippen molar-refractivity contribution in [1.29, 1.82) is 0 Å². The number of aromatic nitrogens is 4. The molecule has 0 spiro atoms. The summed E-state index contributed by atoms with van der Waals surface area (Å²) >= 11 is 0. The predicted octanol–water partition coefficient (Wildman–Crippen LogP) is 1.49. The maximum absolute atomic E-state index is 12.6. The third-order valence-electron chi connectivity index (χ3n) is 4.27. The highest BCUT2D eigenvalue weighted by Gasteiger charge is 2.32. The Morgan fingerprint density at radius 2 is 2.27 bits per heavy atom. The second kappa shape index (κ2) is 5.82. The molecule has 0 aliphatic heterocycles. The number of nitrogens with zero attached hydrogens (tertiary/aromatic N) is 3. The van der Waals surface area contributed by atoms with Crippen LogP contribution >= 0.6 is 0 Å². The summed E-state index contributed by atoms with van der Waals surface area (Å²) in [6.45, 7) is 3.76. The number of ether oxygens (including phenoxy) is 1. The largest absolute Gasteiger partial charge is 0.485 e. The summed E-state index contributed by atoms with van der Waals surface area (Å²) in [4.78, 5) is 12.6. The number of rotatable bonds is 4. The quantitative estimate of drug-likeness (QED) is 0.896. The van der Waals surface area contributed by atoms with E-state index in [9.17, 15) is 4.79 Å². The Morgan fingerprint density at radius 1 is 1.45 bits per heavy atom. The fourth-order valence-corrected chi connectivity index (χ4v) is 3.05. The van der Waals surface area contributed by atoms with Gasteiger partial charge >= 0.3 is 0 Å². The summed E-state index contributed by atoms with van der Waals surface area (Å²) in [6.07, 6.45) is 6.24. The van der Waals surface area contributed by atoms with E-state index in [-0.39, 0.29) is 18.1 Å². The van der Waals surface area contributed by atoms with Crippen molar-refractivity contribution in [3.05, 3.63) is 29.3 Å². The van der Waals surface area contributed by atoms with E-state index >= 15 is 0 Å². The first-order chi connectivity index (χ1) is 10.6. The predicted molar refractivity (Wildman–Crippen MR) is 80.8 cm³/mol. The number of aryl methyl sites for hydroxylation is 2. The van der Waals surface area contributed by atoms with Gasteiger partial charge in [0.2, 0.25) is 0 Å². The Morgan fingerprint density at radius 3 is 2.91 bits per heavy atom. The molecule has 0 saturated heterocycles. The van der Waals surface area contributed by atoms with E-state index in [4.69, 9.17) is 4.74 Å². The minimum Gasteiger partial charge on any atom is -0.485 e. The fraction of sp³-hybridized carbons (Fsp3) is 0.533. The third-order valence-corrected chi connectivity index (χ3v) is 4.27. The summed E-state index contributed by atoms with van der Waals surface area (Å²) in [6, 6.07) is 0.0152. The molecule has 0 unspecified atom stereocenters. The minimum atomic E-state index is -0.0733. The number of aromatic amines is 1. The number of carbonyl (C=O) groups is 1. The van der Waals surface area contributed by atoms with Gasteiger partial charge < -0.3 is 10.1 Å². The molecule has 1 aliphatic carbocycles. The van der Waals surface area contributed by atoms with Crippen molar-refractivity contribution in [2.24, 2.45) is 7.05 Å². The smallest absolute Gasteiger partial charge is 0.255 e.